The van der Waals surface area contributed by atoms with E-state index in [4.69, 9.17) is 14.2 Å². The predicted molar refractivity (Wildman–Crippen MR) is 157 cm³/mol. The van der Waals surface area contributed by atoms with Crippen molar-refractivity contribution in [2.75, 3.05) is 6.61 Å². The van der Waals surface area contributed by atoms with E-state index >= 15 is 0 Å². The molecule has 0 fully saturated rings. The Balaban J connectivity index is 1.48. The maximum Gasteiger partial charge on any atom is 0.343 e. The van der Waals surface area contributed by atoms with Crippen molar-refractivity contribution in [1.29, 1.82) is 0 Å². The number of carbonyl (C=O) groups is 2. The maximum absolute atomic E-state index is 12.7. The summed E-state index contributed by atoms with van der Waals surface area (Å²) < 4.78 is 16.9. The molecule has 0 saturated carbocycles. The maximum atomic E-state index is 12.7. The highest BCUT2D eigenvalue weighted by molar-refractivity contribution is 5.92. The largest absolute Gasteiger partial charge is 0.494 e. The average Bonchev–Trinajstić information content (AvgIpc) is 2.96. The van der Waals surface area contributed by atoms with Crippen molar-refractivity contribution in [3.05, 3.63) is 83.9 Å². The van der Waals surface area contributed by atoms with Crippen molar-refractivity contribution in [2.24, 2.45) is 0 Å². The van der Waals surface area contributed by atoms with Crippen LogP contribution >= 0.6 is 0 Å². The molecule has 0 saturated heterocycles. The van der Waals surface area contributed by atoms with Crippen LogP contribution in [0.15, 0.2) is 72.8 Å². The van der Waals surface area contributed by atoms with E-state index in [-0.39, 0.29) is 12.1 Å². The van der Waals surface area contributed by atoms with Crippen molar-refractivity contribution in [1.82, 2.24) is 0 Å². The first-order valence-corrected chi connectivity index (χ1v) is 14.4. The van der Waals surface area contributed by atoms with Crippen LogP contribution in [0.3, 0.4) is 0 Å². The number of ether oxygens (including phenoxy) is 3. The van der Waals surface area contributed by atoms with Crippen LogP contribution in [0, 0.1) is 0 Å². The third-order valence-electron chi connectivity index (χ3n) is 6.65. The number of benzene rings is 3. The molecule has 0 N–H and O–H groups in total. The molecule has 0 amide bonds. The molecule has 208 valence electrons. The molecule has 0 radical (unpaired) electrons. The van der Waals surface area contributed by atoms with Crippen LogP contribution in [0.1, 0.15) is 99.3 Å². The molecule has 0 aromatic heterocycles. The van der Waals surface area contributed by atoms with Gasteiger partial charge in [-0.15, -0.1) is 0 Å². The van der Waals surface area contributed by atoms with Gasteiger partial charge >= 0.3 is 11.9 Å². The first kappa shape index (κ1) is 29.9. The highest BCUT2D eigenvalue weighted by atomic mass is 16.5. The molecule has 3 rings (SSSR count). The molecule has 1 atom stereocenters. The Morgan fingerprint density at radius 2 is 1.13 bits per heavy atom. The molecule has 3 aromatic rings. The van der Waals surface area contributed by atoms with Gasteiger partial charge in [-0.1, -0.05) is 76.6 Å². The molecule has 0 bridgehead atoms. The SMILES string of the molecule is CCCCCCOc1ccc(-c2ccc(C(=O)Oc3ccc(C(=O)O[C@@H](C)CCCCCC)cc3)cc2)cc1. The number of esters is 2. The zero-order chi connectivity index (χ0) is 27.9. The van der Waals surface area contributed by atoms with E-state index in [0.29, 0.717) is 16.9 Å². The Kier molecular flexibility index (Phi) is 12.6. The number of unbranched alkanes of at least 4 members (excludes halogenated alkanes) is 6. The number of hydrogen-bond donors (Lipinski definition) is 0. The van der Waals surface area contributed by atoms with Crippen molar-refractivity contribution in [3.63, 3.8) is 0 Å². The lowest BCUT2D eigenvalue weighted by Crippen LogP contribution is -2.15. The third kappa shape index (κ3) is 10.2. The standard InChI is InChI=1S/C34H42O5/c1-4-6-8-10-12-26(3)38-33(35)30-19-23-32(24-20-30)39-34(36)29-15-13-27(14-16-29)28-17-21-31(22-18-28)37-25-11-9-7-5-2/h13-24,26H,4-12,25H2,1-3H3/t26-/m0/s1. The zero-order valence-corrected chi connectivity index (χ0v) is 23.6. The minimum Gasteiger partial charge on any atom is -0.494 e. The van der Waals surface area contributed by atoms with Crippen molar-refractivity contribution in [2.45, 2.75) is 84.7 Å². The van der Waals surface area contributed by atoms with Gasteiger partial charge in [-0.25, -0.2) is 9.59 Å². The summed E-state index contributed by atoms with van der Waals surface area (Å²) in [7, 11) is 0. The van der Waals surface area contributed by atoms with Gasteiger partial charge in [-0.05, 0) is 85.8 Å². The van der Waals surface area contributed by atoms with Gasteiger partial charge in [-0.2, -0.15) is 0 Å². The summed E-state index contributed by atoms with van der Waals surface area (Å²) in [6, 6.07) is 21.8. The van der Waals surface area contributed by atoms with Gasteiger partial charge in [-0.3, -0.25) is 0 Å². The first-order chi connectivity index (χ1) is 19.0. The Hall–Kier alpha value is -3.60. The second-order valence-electron chi connectivity index (χ2n) is 9.99. The molecule has 39 heavy (non-hydrogen) atoms. The molecular weight excluding hydrogens is 488 g/mol. The van der Waals surface area contributed by atoms with E-state index in [2.05, 4.69) is 13.8 Å². The molecule has 3 aromatic carbocycles. The molecule has 0 aliphatic rings. The quantitative estimate of drug-likeness (QED) is 0.105. The Morgan fingerprint density at radius 1 is 0.615 bits per heavy atom. The van der Waals surface area contributed by atoms with Gasteiger partial charge in [0.2, 0.25) is 0 Å². The highest BCUT2D eigenvalue weighted by Crippen LogP contribution is 2.24. The van der Waals surface area contributed by atoms with Crippen molar-refractivity contribution >= 4 is 11.9 Å². The van der Waals surface area contributed by atoms with Crippen LogP contribution in [0.4, 0.5) is 0 Å². The fourth-order valence-electron chi connectivity index (χ4n) is 4.25. The zero-order valence-electron chi connectivity index (χ0n) is 23.6. The molecule has 0 heterocycles. The molecule has 0 aliphatic heterocycles. The van der Waals surface area contributed by atoms with Gasteiger partial charge in [0.25, 0.3) is 0 Å². The van der Waals surface area contributed by atoms with Crippen molar-refractivity contribution in [3.8, 4) is 22.6 Å². The number of hydrogen-bond acceptors (Lipinski definition) is 5. The molecule has 5 heteroatoms. The van der Waals surface area contributed by atoms with Crippen LogP contribution in [0.25, 0.3) is 11.1 Å². The minimum absolute atomic E-state index is 0.124. The predicted octanol–water partition coefficient (Wildman–Crippen LogP) is 9.05. The van der Waals surface area contributed by atoms with Gasteiger partial charge in [0, 0.05) is 0 Å². The lowest BCUT2D eigenvalue weighted by atomic mass is 10.0. The Bertz CT molecular complexity index is 1130. The topological polar surface area (TPSA) is 61.8 Å². The van der Waals surface area contributed by atoms with Crippen LogP contribution in [0.2, 0.25) is 0 Å². The molecule has 5 nitrogen and oxygen atoms in total. The summed E-state index contributed by atoms with van der Waals surface area (Å²) >= 11 is 0. The summed E-state index contributed by atoms with van der Waals surface area (Å²) in [5, 5.41) is 0. The lowest BCUT2D eigenvalue weighted by Gasteiger charge is -2.13. The number of rotatable bonds is 16. The van der Waals surface area contributed by atoms with Crippen molar-refractivity contribution < 1.29 is 23.8 Å². The van der Waals surface area contributed by atoms with E-state index in [9.17, 15) is 9.59 Å². The van der Waals surface area contributed by atoms with Crippen LogP contribution < -0.4 is 9.47 Å². The first-order valence-electron chi connectivity index (χ1n) is 14.4. The summed E-state index contributed by atoms with van der Waals surface area (Å²) in [6.07, 6.45) is 10.1. The number of carbonyl (C=O) groups excluding carboxylic acids is 2. The summed E-state index contributed by atoms with van der Waals surface area (Å²) in [5.74, 6) is 0.424. The van der Waals surface area contributed by atoms with Crippen LogP contribution in [-0.4, -0.2) is 24.6 Å². The van der Waals surface area contributed by atoms with Gasteiger partial charge in [0.05, 0.1) is 23.8 Å². The molecular formula is C34H42O5. The fraction of sp³-hybridized carbons (Fsp3) is 0.412. The van der Waals surface area contributed by atoms with E-state index in [0.717, 1.165) is 49.2 Å². The second kappa shape index (κ2) is 16.4. The van der Waals surface area contributed by atoms with E-state index in [1.54, 1.807) is 36.4 Å². The Morgan fingerprint density at radius 3 is 1.74 bits per heavy atom. The molecule has 0 unspecified atom stereocenters. The smallest absolute Gasteiger partial charge is 0.343 e. The van der Waals surface area contributed by atoms with E-state index in [1.165, 1.54) is 32.1 Å². The average molecular weight is 531 g/mol. The van der Waals surface area contributed by atoms with Gasteiger partial charge in [0.1, 0.15) is 11.5 Å². The summed E-state index contributed by atoms with van der Waals surface area (Å²) in [4.78, 5) is 25.1. The van der Waals surface area contributed by atoms with E-state index in [1.807, 2.05) is 43.3 Å². The second-order valence-corrected chi connectivity index (χ2v) is 9.99. The summed E-state index contributed by atoms with van der Waals surface area (Å²) in [6.45, 7) is 7.03. The molecule has 0 spiro atoms. The van der Waals surface area contributed by atoms with Gasteiger partial charge in [0.15, 0.2) is 0 Å². The highest BCUT2D eigenvalue weighted by Gasteiger charge is 2.14. The fourth-order valence-corrected chi connectivity index (χ4v) is 4.25. The van der Waals surface area contributed by atoms with Crippen LogP contribution in [0.5, 0.6) is 11.5 Å². The third-order valence-corrected chi connectivity index (χ3v) is 6.65. The Labute approximate surface area is 233 Å². The summed E-state index contributed by atoms with van der Waals surface area (Å²) in [5.41, 5.74) is 2.94. The normalized spacial score (nSPS) is 11.6. The lowest BCUT2D eigenvalue weighted by molar-refractivity contribution is 0.0319. The van der Waals surface area contributed by atoms with E-state index < -0.39 is 5.97 Å². The van der Waals surface area contributed by atoms with Crippen LogP contribution in [-0.2, 0) is 4.74 Å². The van der Waals surface area contributed by atoms with Gasteiger partial charge < -0.3 is 14.2 Å². The minimum atomic E-state index is -0.454. The molecule has 0 aliphatic carbocycles. The monoisotopic (exact) mass is 530 g/mol.